The molecule has 66 valence electrons. The summed E-state index contributed by atoms with van der Waals surface area (Å²) in [5, 5.41) is 0. The largest absolute Gasteiger partial charge is 0.303 e. The summed E-state index contributed by atoms with van der Waals surface area (Å²) >= 11 is 0. The maximum absolute atomic E-state index is 10.0. The predicted molar refractivity (Wildman–Crippen MR) is 51.7 cm³/mol. The van der Waals surface area contributed by atoms with Crippen LogP contribution in [0.15, 0.2) is 11.6 Å². The van der Waals surface area contributed by atoms with Crippen LogP contribution < -0.4 is 0 Å². The van der Waals surface area contributed by atoms with Crippen LogP contribution in [0, 0.1) is 11.8 Å². The smallest absolute Gasteiger partial charge is 0.120 e. The molecule has 0 N–H and O–H groups in total. The molecule has 1 heteroatoms. The quantitative estimate of drug-likeness (QED) is 0.264. The second-order valence-corrected chi connectivity index (χ2v) is 2.72. The highest BCUT2D eigenvalue weighted by atomic mass is 16.1. The molecule has 0 saturated carbocycles. The molecule has 0 heterocycles. The normalized spacial score (nSPS) is 10.3. The summed E-state index contributed by atoms with van der Waals surface area (Å²) in [7, 11) is 0. The van der Waals surface area contributed by atoms with E-state index < -0.39 is 0 Å². The van der Waals surface area contributed by atoms with Crippen molar-refractivity contribution >= 4 is 6.29 Å². The van der Waals surface area contributed by atoms with Gasteiger partial charge in [0, 0.05) is 12.8 Å². The Hall–Kier alpha value is -1.03. The molecule has 0 aliphatic rings. The Morgan fingerprint density at radius 1 is 1.42 bits per heavy atom. The summed E-state index contributed by atoms with van der Waals surface area (Å²) in [6.07, 6.45) is 6.59. The molecular formula is C11H16O. The summed E-state index contributed by atoms with van der Waals surface area (Å²) in [5.41, 5.74) is 1.29. The molecule has 0 aromatic rings. The van der Waals surface area contributed by atoms with E-state index in [1.807, 2.05) is 6.92 Å². The van der Waals surface area contributed by atoms with Gasteiger partial charge in [0.1, 0.15) is 6.29 Å². The van der Waals surface area contributed by atoms with E-state index in [1.54, 1.807) is 0 Å². The molecule has 1 nitrogen and oxygen atoms in total. The second kappa shape index (κ2) is 8.07. The molecule has 0 aliphatic heterocycles. The van der Waals surface area contributed by atoms with Gasteiger partial charge >= 0.3 is 0 Å². The highest BCUT2D eigenvalue weighted by Crippen LogP contribution is 2.04. The first-order valence-corrected chi connectivity index (χ1v) is 4.30. The molecule has 0 rings (SSSR count). The number of allylic oxidation sites excluding steroid dienone is 2. The van der Waals surface area contributed by atoms with Crippen LogP contribution in [0.25, 0.3) is 0 Å². The minimum absolute atomic E-state index is 0.641. The van der Waals surface area contributed by atoms with Crippen LogP contribution in [-0.2, 0) is 4.79 Å². The molecule has 12 heavy (non-hydrogen) atoms. The summed E-state index contributed by atoms with van der Waals surface area (Å²) in [6, 6.07) is 0. The van der Waals surface area contributed by atoms with Crippen molar-refractivity contribution in [1.82, 2.24) is 0 Å². The van der Waals surface area contributed by atoms with Crippen LogP contribution in [0.2, 0.25) is 0 Å². The van der Waals surface area contributed by atoms with Crippen LogP contribution in [0.1, 0.15) is 39.5 Å². The van der Waals surface area contributed by atoms with Gasteiger partial charge < -0.3 is 4.79 Å². The fourth-order valence-electron chi connectivity index (χ4n) is 0.904. The number of carbonyl (C=O) groups is 1. The Labute approximate surface area is 74.9 Å². The van der Waals surface area contributed by atoms with E-state index in [1.165, 1.54) is 5.57 Å². The van der Waals surface area contributed by atoms with Crippen LogP contribution >= 0.6 is 0 Å². The van der Waals surface area contributed by atoms with Crippen LogP contribution in [0.4, 0.5) is 0 Å². The van der Waals surface area contributed by atoms with Gasteiger partial charge in [-0.15, -0.1) is 11.8 Å². The Bertz CT molecular complexity index is 203. The van der Waals surface area contributed by atoms with Gasteiger partial charge in [0.05, 0.1) is 0 Å². The minimum Gasteiger partial charge on any atom is -0.303 e. The average molecular weight is 164 g/mol. The van der Waals surface area contributed by atoms with Gasteiger partial charge in [-0.2, -0.15) is 0 Å². The zero-order valence-corrected chi connectivity index (χ0v) is 7.89. The van der Waals surface area contributed by atoms with Crippen LogP contribution in [0.5, 0.6) is 0 Å². The zero-order valence-electron chi connectivity index (χ0n) is 7.89. The van der Waals surface area contributed by atoms with Crippen molar-refractivity contribution < 1.29 is 4.79 Å². The van der Waals surface area contributed by atoms with E-state index in [2.05, 4.69) is 24.8 Å². The maximum Gasteiger partial charge on any atom is 0.120 e. The Balaban J connectivity index is 3.51. The lowest BCUT2D eigenvalue weighted by Crippen LogP contribution is -1.79. The summed E-state index contributed by atoms with van der Waals surface area (Å²) in [5.74, 6) is 5.84. The van der Waals surface area contributed by atoms with Crippen LogP contribution in [-0.4, -0.2) is 6.29 Å². The molecule has 0 radical (unpaired) electrons. The maximum atomic E-state index is 10.0. The number of hydrogen-bond donors (Lipinski definition) is 0. The molecule has 0 bridgehead atoms. The minimum atomic E-state index is 0.641. The van der Waals surface area contributed by atoms with Crippen molar-refractivity contribution in [3.8, 4) is 11.8 Å². The summed E-state index contributed by atoms with van der Waals surface area (Å²) < 4.78 is 0. The van der Waals surface area contributed by atoms with E-state index in [-0.39, 0.29) is 0 Å². The van der Waals surface area contributed by atoms with Crippen LogP contribution in [0.3, 0.4) is 0 Å². The van der Waals surface area contributed by atoms with E-state index in [4.69, 9.17) is 0 Å². The van der Waals surface area contributed by atoms with Gasteiger partial charge in [-0.25, -0.2) is 0 Å². The zero-order chi connectivity index (χ0) is 9.23. The number of aldehydes is 1. The van der Waals surface area contributed by atoms with E-state index >= 15 is 0 Å². The van der Waals surface area contributed by atoms with Crippen molar-refractivity contribution in [2.45, 2.75) is 39.5 Å². The lowest BCUT2D eigenvalue weighted by molar-refractivity contribution is -0.107. The van der Waals surface area contributed by atoms with Crippen molar-refractivity contribution in [2.24, 2.45) is 0 Å². The van der Waals surface area contributed by atoms with Gasteiger partial charge in [-0.05, 0) is 26.7 Å². The molecule has 0 fully saturated rings. The number of carbonyl (C=O) groups excluding carboxylic acids is 1. The van der Waals surface area contributed by atoms with Crippen molar-refractivity contribution in [2.75, 3.05) is 0 Å². The molecular weight excluding hydrogens is 148 g/mol. The standard InChI is InChI=1S/C11H16O/c1-3-4-5-6-8-11(2)9-7-10-12/h8,10H,5-7,9H2,1-2H3/b11-8+. The lowest BCUT2D eigenvalue weighted by Gasteiger charge is -1.94. The molecule has 0 aromatic carbocycles. The molecule has 0 aromatic heterocycles. The predicted octanol–water partition coefficient (Wildman–Crippen LogP) is 2.72. The highest BCUT2D eigenvalue weighted by Gasteiger charge is 1.87. The fraction of sp³-hybridized carbons (Fsp3) is 0.545. The van der Waals surface area contributed by atoms with E-state index in [0.717, 1.165) is 25.5 Å². The Morgan fingerprint density at radius 3 is 2.75 bits per heavy atom. The van der Waals surface area contributed by atoms with Crippen molar-refractivity contribution in [3.05, 3.63) is 11.6 Å². The van der Waals surface area contributed by atoms with Gasteiger partial charge in [-0.3, -0.25) is 0 Å². The molecule has 0 unspecified atom stereocenters. The monoisotopic (exact) mass is 164 g/mol. The molecule has 0 atom stereocenters. The fourth-order valence-corrected chi connectivity index (χ4v) is 0.904. The van der Waals surface area contributed by atoms with Gasteiger partial charge in [-0.1, -0.05) is 11.6 Å². The van der Waals surface area contributed by atoms with Gasteiger partial charge in [0.15, 0.2) is 0 Å². The number of rotatable bonds is 5. The summed E-state index contributed by atoms with van der Waals surface area (Å²) in [6.45, 7) is 3.91. The third kappa shape index (κ3) is 7.08. The second-order valence-electron chi connectivity index (χ2n) is 2.72. The van der Waals surface area contributed by atoms with Crippen molar-refractivity contribution in [3.63, 3.8) is 0 Å². The molecule has 0 saturated heterocycles. The third-order valence-electron chi connectivity index (χ3n) is 1.60. The number of unbranched alkanes of at least 4 members (excludes halogenated alkanes) is 1. The first-order valence-electron chi connectivity index (χ1n) is 4.30. The molecule has 0 spiro atoms. The summed E-state index contributed by atoms with van der Waals surface area (Å²) in [4.78, 5) is 10.0. The highest BCUT2D eigenvalue weighted by molar-refractivity contribution is 5.49. The average Bonchev–Trinajstić information content (AvgIpc) is 2.09. The topological polar surface area (TPSA) is 17.1 Å². The van der Waals surface area contributed by atoms with E-state index in [9.17, 15) is 4.79 Å². The van der Waals surface area contributed by atoms with Gasteiger partial charge in [0.25, 0.3) is 0 Å². The lowest BCUT2D eigenvalue weighted by atomic mass is 10.1. The third-order valence-corrected chi connectivity index (χ3v) is 1.60. The SMILES string of the molecule is CC#CCC/C=C(\C)CCC=O. The first kappa shape index (κ1) is 11.0. The number of hydrogen-bond acceptors (Lipinski definition) is 1. The van der Waals surface area contributed by atoms with Crippen molar-refractivity contribution in [1.29, 1.82) is 0 Å². The van der Waals surface area contributed by atoms with Gasteiger partial charge in [0.2, 0.25) is 0 Å². The Morgan fingerprint density at radius 2 is 2.17 bits per heavy atom. The molecule has 0 aliphatic carbocycles. The Kier molecular flexibility index (Phi) is 7.38. The first-order chi connectivity index (χ1) is 5.81. The molecule has 0 amide bonds. The van der Waals surface area contributed by atoms with E-state index in [0.29, 0.717) is 6.42 Å².